The monoisotopic (exact) mass is 227 g/mol. The molecule has 14 heavy (non-hydrogen) atoms. The van der Waals surface area contributed by atoms with Crippen LogP contribution in [-0.4, -0.2) is 10.2 Å². The molecule has 0 amide bonds. The molecule has 5 heteroatoms. The van der Waals surface area contributed by atoms with Crippen molar-refractivity contribution < 1.29 is 0 Å². The molecule has 0 fully saturated rings. The molecule has 0 spiro atoms. The summed E-state index contributed by atoms with van der Waals surface area (Å²) < 4.78 is 0. The summed E-state index contributed by atoms with van der Waals surface area (Å²) in [6.45, 7) is 0. The number of nitrogens with two attached hydrogens (primary N) is 1. The van der Waals surface area contributed by atoms with Crippen LogP contribution >= 0.6 is 23.2 Å². The Labute approximate surface area is 90.8 Å². The van der Waals surface area contributed by atoms with E-state index in [4.69, 9.17) is 28.9 Å². The maximum Gasteiger partial charge on any atom is 0.117 e. The van der Waals surface area contributed by atoms with Crippen LogP contribution in [-0.2, 0) is 0 Å². The first-order valence-electron chi connectivity index (χ1n) is 3.93. The van der Waals surface area contributed by atoms with Gasteiger partial charge in [-0.3, -0.25) is 5.10 Å². The second-order valence-electron chi connectivity index (χ2n) is 2.81. The number of anilines is 1. The number of nitrogens with one attached hydrogen (secondary N) is 1. The predicted molar refractivity (Wildman–Crippen MR) is 58.5 cm³/mol. The van der Waals surface area contributed by atoms with Crippen molar-refractivity contribution >= 4 is 28.9 Å². The highest BCUT2D eigenvalue weighted by molar-refractivity contribution is 6.35. The smallest absolute Gasteiger partial charge is 0.117 e. The topological polar surface area (TPSA) is 54.7 Å². The molecule has 1 aromatic carbocycles. The number of nitrogen functional groups attached to an aromatic ring is 1. The fraction of sp³-hybridized carbons (Fsp3) is 0. The molecule has 2 rings (SSSR count). The van der Waals surface area contributed by atoms with Crippen LogP contribution in [0.2, 0.25) is 10.0 Å². The highest BCUT2D eigenvalue weighted by Gasteiger charge is 2.09. The Morgan fingerprint density at radius 2 is 2.07 bits per heavy atom. The zero-order valence-electron chi connectivity index (χ0n) is 7.09. The standard InChI is InChI=1S/C9H7Cl2N3/c10-5-1-2-7(11)6(3-5)9-8(12)4-13-14-9/h1-4H,12H2,(H,13,14). The summed E-state index contributed by atoms with van der Waals surface area (Å²) >= 11 is 11.8. The number of hydrogen-bond donors (Lipinski definition) is 2. The summed E-state index contributed by atoms with van der Waals surface area (Å²) in [7, 11) is 0. The molecular formula is C9H7Cl2N3. The van der Waals surface area contributed by atoms with E-state index in [9.17, 15) is 0 Å². The van der Waals surface area contributed by atoms with Crippen LogP contribution in [0.4, 0.5) is 5.69 Å². The Kier molecular flexibility index (Phi) is 2.35. The lowest BCUT2D eigenvalue weighted by molar-refractivity contribution is 1.10. The van der Waals surface area contributed by atoms with Crippen molar-refractivity contribution in [2.45, 2.75) is 0 Å². The van der Waals surface area contributed by atoms with Gasteiger partial charge in [0.15, 0.2) is 0 Å². The van der Waals surface area contributed by atoms with Gasteiger partial charge in [0.1, 0.15) is 5.69 Å². The first kappa shape index (κ1) is 9.37. The number of rotatable bonds is 1. The Morgan fingerprint density at radius 1 is 1.29 bits per heavy atom. The van der Waals surface area contributed by atoms with E-state index >= 15 is 0 Å². The molecule has 0 saturated heterocycles. The van der Waals surface area contributed by atoms with Crippen molar-refractivity contribution in [3.05, 3.63) is 34.4 Å². The van der Waals surface area contributed by atoms with Gasteiger partial charge < -0.3 is 5.73 Å². The maximum atomic E-state index is 5.99. The third-order valence-electron chi connectivity index (χ3n) is 1.85. The predicted octanol–water partition coefficient (Wildman–Crippen LogP) is 2.97. The molecule has 2 aromatic rings. The molecule has 0 atom stereocenters. The molecule has 1 aromatic heterocycles. The lowest BCUT2D eigenvalue weighted by atomic mass is 10.1. The fourth-order valence-corrected chi connectivity index (χ4v) is 1.57. The lowest BCUT2D eigenvalue weighted by Gasteiger charge is -2.02. The van der Waals surface area contributed by atoms with E-state index < -0.39 is 0 Å². The van der Waals surface area contributed by atoms with E-state index in [2.05, 4.69) is 10.2 Å². The van der Waals surface area contributed by atoms with Gasteiger partial charge in [-0.05, 0) is 18.2 Å². The summed E-state index contributed by atoms with van der Waals surface area (Å²) in [6.07, 6.45) is 1.60. The van der Waals surface area contributed by atoms with Crippen LogP contribution in [0.3, 0.4) is 0 Å². The van der Waals surface area contributed by atoms with E-state index in [1.807, 2.05) is 0 Å². The Bertz CT molecular complexity index is 465. The number of benzene rings is 1. The van der Waals surface area contributed by atoms with Gasteiger partial charge in [0.2, 0.25) is 0 Å². The Morgan fingerprint density at radius 3 is 2.71 bits per heavy atom. The number of hydrogen-bond acceptors (Lipinski definition) is 2. The number of aromatic amines is 1. The molecule has 1 heterocycles. The number of halogens is 2. The van der Waals surface area contributed by atoms with Crippen molar-refractivity contribution in [3.8, 4) is 11.3 Å². The second kappa shape index (κ2) is 3.52. The highest BCUT2D eigenvalue weighted by Crippen LogP contribution is 2.31. The molecule has 0 aliphatic heterocycles. The second-order valence-corrected chi connectivity index (χ2v) is 3.66. The van der Waals surface area contributed by atoms with Crippen LogP contribution in [0.1, 0.15) is 0 Å². The molecule has 0 saturated carbocycles. The van der Waals surface area contributed by atoms with Crippen LogP contribution in [0.25, 0.3) is 11.3 Å². The minimum Gasteiger partial charge on any atom is -0.396 e. The fourth-order valence-electron chi connectivity index (χ4n) is 1.19. The molecule has 3 N–H and O–H groups in total. The molecule has 0 bridgehead atoms. The van der Waals surface area contributed by atoms with Crippen LogP contribution < -0.4 is 5.73 Å². The SMILES string of the molecule is Nc1c[nH]nc1-c1cc(Cl)ccc1Cl. The normalized spacial score (nSPS) is 10.4. The maximum absolute atomic E-state index is 5.99. The van der Waals surface area contributed by atoms with Crippen LogP contribution in [0.5, 0.6) is 0 Å². The Balaban J connectivity index is 2.62. The third kappa shape index (κ3) is 1.56. The van der Waals surface area contributed by atoms with Crippen molar-refractivity contribution in [1.82, 2.24) is 10.2 Å². The van der Waals surface area contributed by atoms with Gasteiger partial charge in [0.05, 0.1) is 10.7 Å². The number of aromatic nitrogens is 2. The van der Waals surface area contributed by atoms with Gasteiger partial charge >= 0.3 is 0 Å². The minimum atomic E-state index is 0.550. The molecule has 72 valence electrons. The van der Waals surface area contributed by atoms with E-state index in [1.165, 1.54) is 0 Å². The van der Waals surface area contributed by atoms with Crippen molar-refractivity contribution in [2.75, 3.05) is 5.73 Å². The van der Waals surface area contributed by atoms with Crippen molar-refractivity contribution in [3.63, 3.8) is 0 Å². The van der Waals surface area contributed by atoms with E-state index in [-0.39, 0.29) is 0 Å². The molecule has 0 unspecified atom stereocenters. The summed E-state index contributed by atoms with van der Waals surface area (Å²) in [6, 6.07) is 5.17. The minimum absolute atomic E-state index is 0.550. The molecule has 3 nitrogen and oxygen atoms in total. The number of nitrogens with zero attached hydrogens (tertiary/aromatic N) is 1. The molecular weight excluding hydrogens is 221 g/mol. The van der Waals surface area contributed by atoms with Gasteiger partial charge in [0, 0.05) is 16.8 Å². The largest absolute Gasteiger partial charge is 0.396 e. The average Bonchev–Trinajstić information content (AvgIpc) is 2.56. The zero-order valence-corrected chi connectivity index (χ0v) is 8.60. The zero-order chi connectivity index (χ0) is 10.1. The van der Waals surface area contributed by atoms with E-state index in [0.29, 0.717) is 21.4 Å². The van der Waals surface area contributed by atoms with Crippen molar-refractivity contribution in [2.24, 2.45) is 0 Å². The average molecular weight is 228 g/mol. The van der Waals surface area contributed by atoms with Gasteiger partial charge in [-0.15, -0.1) is 0 Å². The summed E-state index contributed by atoms with van der Waals surface area (Å²) in [5.74, 6) is 0. The van der Waals surface area contributed by atoms with E-state index in [0.717, 1.165) is 5.56 Å². The van der Waals surface area contributed by atoms with Crippen LogP contribution in [0.15, 0.2) is 24.4 Å². The van der Waals surface area contributed by atoms with Gasteiger partial charge in [-0.2, -0.15) is 5.10 Å². The first-order valence-corrected chi connectivity index (χ1v) is 4.69. The third-order valence-corrected chi connectivity index (χ3v) is 2.42. The van der Waals surface area contributed by atoms with Crippen LogP contribution in [0, 0.1) is 0 Å². The van der Waals surface area contributed by atoms with Crippen molar-refractivity contribution in [1.29, 1.82) is 0 Å². The van der Waals surface area contributed by atoms with E-state index in [1.54, 1.807) is 24.4 Å². The van der Waals surface area contributed by atoms with Gasteiger partial charge in [-0.25, -0.2) is 0 Å². The van der Waals surface area contributed by atoms with Gasteiger partial charge in [-0.1, -0.05) is 23.2 Å². The number of H-pyrrole nitrogens is 1. The quantitative estimate of drug-likeness (QED) is 0.788. The summed E-state index contributed by atoms with van der Waals surface area (Å²) in [5, 5.41) is 7.84. The molecule has 0 radical (unpaired) electrons. The lowest BCUT2D eigenvalue weighted by Crippen LogP contribution is -1.87. The Hall–Kier alpha value is -1.19. The first-order chi connectivity index (χ1) is 6.68. The highest BCUT2D eigenvalue weighted by atomic mass is 35.5. The summed E-state index contributed by atoms with van der Waals surface area (Å²) in [4.78, 5) is 0. The molecule has 0 aliphatic rings. The van der Waals surface area contributed by atoms with Gasteiger partial charge in [0.25, 0.3) is 0 Å². The summed E-state index contributed by atoms with van der Waals surface area (Å²) in [5.41, 5.74) is 7.60. The molecule has 0 aliphatic carbocycles.